The van der Waals surface area contributed by atoms with E-state index in [0.717, 1.165) is 0 Å². The number of ether oxygens (including phenoxy) is 1. The summed E-state index contributed by atoms with van der Waals surface area (Å²) in [5.74, 6) is -0.356. The first-order valence-corrected chi connectivity index (χ1v) is 7.71. The Bertz CT molecular complexity index is 623. The van der Waals surface area contributed by atoms with Gasteiger partial charge in [-0.15, -0.1) is 5.10 Å². The molecule has 0 unspecified atom stereocenters. The number of aromatic nitrogens is 4. The second kappa shape index (κ2) is 8.47. The van der Waals surface area contributed by atoms with Crippen LogP contribution in [0.5, 0.6) is 0 Å². The van der Waals surface area contributed by atoms with Crippen molar-refractivity contribution in [2.24, 2.45) is 0 Å². The van der Waals surface area contributed by atoms with Crippen molar-refractivity contribution in [2.75, 3.05) is 11.9 Å². The van der Waals surface area contributed by atoms with E-state index in [0.29, 0.717) is 16.4 Å². The van der Waals surface area contributed by atoms with Gasteiger partial charge in [-0.2, -0.15) is 4.68 Å². The zero-order valence-electron chi connectivity index (χ0n) is 14.0. The molecule has 0 aliphatic heterocycles. The largest absolute Gasteiger partial charge is 0.459 e. The summed E-state index contributed by atoms with van der Waals surface area (Å²) in [7, 11) is 0. The average molecular weight is 340 g/mol. The van der Waals surface area contributed by atoms with E-state index in [1.165, 1.54) is 11.0 Å². The molecule has 1 aromatic heterocycles. The zero-order chi connectivity index (χ0) is 17.5. The van der Waals surface area contributed by atoms with E-state index in [1.54, 1.807) is 18.2 Å². The van der Waals surface area contributed by atoms with E-state index in [9.17, 15) is 4.79 Å². The summed E-state index contributed by atoms with van der Waals surface area (Å²) < 4.78 is 6.72. The molecule has 0 amide bonds. The average Bonchev–Trinajstić information content (AvgIpc) is 2.99. The topological polar surface area (TPSA) is 81.9 Å². The fraction of sp³-hybridized carbons (Fsp3) is 0.467. The van der Waals surface area contributed by atoms with Gasteiger partial charge in [-0.05, 0) is 49.4 Å². The van der Waals surface area contributed by atoms with Gasteiger partial charge in [0.05, 0.1) is 11.4 Å². The Kier molecular flexibility index (Phi) is 6.96. The molecule has 2 rings (SSSR count). The standard InChI is InChI=1S/C13H16ClN5O2.C2H6/c1-13(2,3)21-12(20)7-15-10-6-9(14)4-5-11(10)19-8-16-17-18-19;1-2/h4-6,8,15H,7H2,1-3H3;1-2H3. The van der Waals surface area contributed by atoms with Crippen LogP contribution in [0.4, 0.5) is 5.69 Å². The Morgan fingerprint density at radius 3 is 2.61 bits per heavy atom. The van der Waals surface area contributed by atoms with Crippen molar-refractivity contribution in [1.29, 1.82) is 0 Å². The number of benzene rings is 1. The zero-order valence-corrected chi connectivity index (χ0v) is 14.8. The van der Waals surface area contributed by atoms with Gasteiger partial charge in [-0.3, -0.25) is 4.79 Å². The fourth-order valence-electron chi connectivity index (χ4n) is 1.67. The predicted molar refractivity (Wildman–Crippen MR) is 89.8 cm³/mol. The first kappa shape index (κ1) is 18.9. The number of tetrazole rings is 1. The minimum Gasteiger partial charge on any atom is -0.459 e. The molecule has 0 radical (unpaired) electrons. The van der Waals surface area contributed by atoms with Crippen LogP contribution in [-0.4, -0.2) is 38.3 Å². The summed E-state index contributed by atoms with van der Waals surface area (Å²) in [6, 6.07) is 5.18. The quantitative estimate of drug-likeness (QED) is 0.862. The Morgan fingerprint density at radius 2 is 2.04 bits per heavy atom. The highest BCUT2D eigenvalue weighted by atomic mass is 35.5. The number of nitrogens with one attached hydrogen (secondary N) is 1. The molecule has 0 fully saturated rings. The van der Waals surface area contributed by atoms with Crippen LogP contribution in [-0.2, 0) is 9.53 Å². The number of esters is 1. The lowest BCUT2D eigenvalue weighted by Crippen LogP contribution is -2.28. The smallest absolute Gasteiger partial charge is 0.325 e. The van der Waals surface area contributed by atoms with Crippen molar-refractivity contribution in [3.63, 3.8) is 0 Å². The Balaban J connectivity index is 0.00000127. The molecular weight excluding hydrogens is 318 g/mol. The maximum absolute atomic E-state index is 11.7. The molecule has 0 aliphatic carbocycles. The molecule has 0 bridgehead atoms. The molecular formula is C15H22ClN5O2. The fourth-order valence-corrected chi connectivity index (χ4v) is 1.84. The summed E-state index contributed by atoms with van der Waals surface area (Å²) >= 11 is 5.98. The number of nitrogens with zero attached hydrogens (tertiary/aromatic N) is 4. The Labute approximate surface area is 141 Å². The van der Waals surface area contributed by atoms with E-state index in [2.05, 4.69) is 20.8 Å². The Hall–Kier alpha value is -2.15. The molecule has 0 saturated carbocycles. The van der Waals surface area contributed by atoms with Crippen LogP contribution in [0.15, 0.2) is 24.5 Å². The number of halogens is 1. The highest BCUT2D eigenvalue weighted by Crippen LogP contribution is 2.23. The third-order valence-electron chi connectivity index (χ3n) is 2.40. The summed E-state index contributed by atoms with van der Waals surface area (Å²) in [5, 5.41) is 14.5. The summed E-state index contributed by atoms with van der Waals surface area (Å²) in [5.41, 5.74) is 0.805. The van der Waals surface area contributed by atoms with Crippen molar-refractivity contribution in [3.05, 3.63) is 29.5 Å². The normalized spacial score (nSPS) is 10.5. The van der Waals surface area contributed by atoms with Crippen molar-refractivity contribution < 1.29 is 9.53 Å². The monoisotopic (exact) mass is 339 g/mol. The van der Waals surface area contributed by atoms with E-state index >= 15 is 0 Å². The maximum Gasteiger partial charge on any atom is 0.325 e. The minimum atomic E-state index is -0.522. The first-order valence-electron chi connectivity index (χ1n) is 7.34. The molecule has 0 saturated heterocycles. The summed E-state index contributed by atoms with van der Waals surface area (Å²) in [6.45, 7) is 9.47. The minimum absolute atomic E-state index is 0.0206. The van der Waals surface area contributed by atoms with Crippen molar-refractivity contribution in [1.82, 2.24) is 20.2 Å². The lowest BCUT2D eigenvalue weighted by molar-refractivity contribution is -0.152. The summed E-state index contributed by atoms with van der Waals surface area (Å²) in [6.07, 6.45) is 1.46. The van der Waals surface area contributed by atoms with Gasteiger partial charge >= 0.3 is 5.97 Å². The number of carbonyl (C=O) groups is 1. The van der Waals surface area contributed by atoms with E-state index < -0.39 is 5.60 Å². The van der Waals surface area contributed by atoms with Crippen LogP contribution in [0.25, 0.3) is 5.69 Å². The number of hydrogen-bond acceptors (Lipinski definition) is 6. The second-order valence-electron chi connectivity index (χ2n) is 5.36. The molecule has 126 valence electrons. The van der Waals surface area contributed by atoms with Crippen LogP contribution < -0.4 is 5.32 Å². The number of hydrogen-bond donors (Lipinski definition) is 1. The molecule has 0 aliphatic rings. The van der Waals surface area contributed by atoms with Gasteiger partial charge in [-0.1, -0.05) is 25.4 Å². The van der Waals surface area contributed by atoms with Crippen LogP contribution in [0.1, 0.15) is 34.6 Å². The van der Waals surface area contributed by atoms with Crippen LogP contribution in [0.3, 0.4) is 0 Å². The van der Waals surface area contributed by atoms with E-state index in [-0.39, 0.29) is 12.5 Å². The van der Waals surface area contributed by atoms with Gasteiger partial charge in [0, 0.05) is 5.02 Å². The number of carbonyl (C=O) groups excluding carboxylic acids is 1. The number of rotatable bonds is 4. The molecule has 2 aromatic rings. The highest BCUT2D eigenvalue weighted by Gasteiger charge is 2.16. The van der Waals surface area contributed by atoms with Gasteiger partial charge < -0.3 is 10.1 Å². The number of anilines is 1. The third-order valence-corrected chi connectivity index (χ3v) is 2.63. The lowest BCUT2D eigenvalue weighted by atomic mass is 10.2. The van der Waals surface area contributed by atoms with Gasteiger partial charge in [0.25, 0.3) is 0 Å². The SMILES string of the molecule is CC.CC(C)(C)OC(=O)CNc1cc(Cl)ccc1-n1cnnn1. The van der Waals surface area contributed by atoms with Crippen molar-refractivity contribution >= 4 is 23.3 Å². The molecule has 1 heterocycles. The van der Waals surface area contributed by atoms with Crippen LogP contribution >= 0.6 is 11.6 Å². The molecule has 0 atom stereocenters. The summed E-state index contributed by atoms with van der Waals surface area (Å²) in [4.78, 5) is 11.7. The van der Waals surface area contributed by atoms with E-state index in [1.807, 2.05) is 34.6 Å². The predicted octanol–water partition coefficient (Wildman–Crippen LogP) is 3.10. The van der Waals surface area contributed by atoms with Crippen LogP contribution in [0, 0.1) is 0 Å². The highest BCUT2D eigenvalue weighted by molar-refractivity contribution is 6.31. The van der Waals surface area contributed by atoms with Crippen molar-refractivity contribution in [2.45, 2.75) is 40.2 Å². The Morgan fingerprint density at radius 1 is 1.35 bits per heavy atom. The maximum atomic E-state index is 11.7. The molecule has 8 heteroatoms. The van der Waals surface area contributed by atoms with Gasteiger partial charge in [0.1, 0.15) is 18.5 Å². The van der Waals surface area contributed by atoms with E-state index in [4.69, 9.17) is 16.3 Å². The van der Waals surface area contributed by atoms with Gasteiger partial charge in [0.2, 0.25) is 0 Å². The van der Waals surface area contributed by atoms with Crippen LogP contribution in [0.2, 0.25) is 5.02 Å². The molecule has 7 nitrogen and oxygen atoms in total. The molecule has 1 aromatic carbocycles. The lowest BCUT2D eigenvalue weighted by Gasteiger charge is -2.20. The molecule has 23 heavy (non-hydrogen) atoms. The molecule has 1 N–H and O–H groups in total. The molecule has 0 spiro atoms. The van der Waals surface area contributed by atoms with Gasteiger partial charge in [0.15, 0.2) is 0 Å². The first-order chi connectivity index (χ1) is 10.8. The van der Waals surface area contributed by atoms with Crippen molar-refractivity contribution in [3.8, 4) is 5.69 Å². The third kappa shape index (κ3) is 6.23. The second-order valence-corrected chi connectivity index (χ2v) is 5.79. The van der Waals surface area contributed by atoms with Gasteiger partial charge in [-0.25, -0.2) is 0 Å².